The van der Waals surface area contributed by atoms with E-state index in [0.29, 0.717) is 11.8 Å². The van der Waals surface area contributed by atoms with E-state index < -0.39 is 0 Å². The maximum absolute atomic E-state index is 11.7. The Balaban J connectivity index is 2.10. The van der Waals surface area contributed by atoms with Gasteiger partial charge in [0.25, 0.3) is 0 Å². The normalized spacial score (nSPS) is 19.4. The van der Waals surface area contributed by atoms with Crippen LogP contribution in [0.3, 0.4) is 0 Å². The van der Waals surface area contributed by atoms with Crippen molar-refractivity contribution in [3.8, 4) is 0 Å². The van der Waals surface area contributed by atoms with Crippen LogP contribution in [0.25, 0.3) is 0 Å². The van der Waals surface area contributed by atoms with Crippen LogP contribution in [0.4, 0.5) is 0 Å². The van der Waals surface area contributed by atoms with Crippen molar-refractivity contribution in [3.63, 3.8) is 0 Å². The quantitative estimate of drug-likeness (QED) is 0.726. The van der Waals surface area contributed by atoms with E-state index >= 15 is 0 Å². The molecule has 94 valence electrons. The molecule has 0 saturated heterocycles. The monoisotopic (exact) mass is 226 g/mol. The van der Waals surface area contributed by atoms with Crippen molar-refractivity contribution in [3.05, 3.63) is 0 Å². The first-order valence-electron chi connectivity index (χ1n) is 6.63. The Morgan fingerprint density at radius 3 is 2.56 bits per heavy atom. The molecule has 3 heteroatoms. The van der Waals surface area contributed by atoms with Crippen molar-refractivity contribution < 1.29 is 4.79 Å². The topological polar surface area (TPSA) is 41.1 Å². The largest absolute Gasteiger partial charge is 0.356 e. The van der Waals surface area contributed by atoms with E-state index in [2.05, 4.69) is 17.6 Å². The third-order valence-electron chi connectivity index (χ3n) is 3.40. The lowest BCUT2D eigenvalue weighted by atomic mass is 9.87. The van der Waals surface area contributed by atoms with Gasteiger partial charge in [0.15, 0.2) is 0 Å². The third kappa shape index (κ3) is 5.50. The van der Waals surface area contributed by atoms with Crippen LogP contribution >= 0.6 is 0 Å². The molecule has 1 amide bonds. The van der Waals surface area contributed by atoms with Crippen LogP contribution in [-0.4, -0.2) is 26.0 Å². The maximum Gasteiger partial charge on any atom is 0.220 e. The minimum absolute atomic E-state index is 0.245. The summed E-state index contributed by atoms with van der Waals surface area (Å²) in [6.45, 7) is 3.91. The van der Waals surface area contributed by atoms with Crippen LogP contribution in [-0.2, 0) is 4.79 Å². The first kappa shape index (κ1) is 13.5. The van der Waals surface area contributed by atoms with Gasteiger partial charge in [-0.3, -0.25) is 4.79 Å². The molecule has 16 heavy (non-hydrogen) atoms. The molecule has 3 nitrogen and oxygen atoms in total. The van der Waals surface area contributed by atoms with Gasteiger partial charge in [-0.05, 0) is 38.3 Å². The molecule has 1 fully saturated rings. The molecule has 0 heterocycles. The van der Waals surface area contributed by atoms with Gasteiger partial charge in [0.05, 0.1) is 0 Å². The van der Waals surface area contributed by atoms with Gasteiger partial charge in [-0.1, -0.05) is 26.2 Å². The number of carbonyl (C=O) groups excluding carboxylic acids is 1. The predicted octanol–water partition coefficient (Wildman–Crippen LogP) is 1.93. The Hall–Kier alpha value is -0.570. The van der Waals surface area contributed by atoms with Crippen LogP contribution in [0.5, 0.6) is 0 Å². The molecule has 0 radical (unpaired) electrons. The van der Waals surface area contributed by atoms with E-state index in [1.54, 1.807) is 0 Å². The Bertz CT molecular complexity index is 200. The lowest BCUT2D eigenvalue weighted by Crippen LogP contribution is -2.33. The van der Waals surface area contributed by atoms with Gasteiger partial charge in [-0.2, -0.15) is 0 Å². The second-order valence-corrected chi connectivity index (χ2v) is 5.18. The molecule has 0 bridgehead atoms. The van der Waals surface area contributed by atoms with Crippen molar-refractivity contribution in [2.75, 3.05) is 20.1 Å². The van der Waals surface area contributed by atoms with Crippen molar-refractivity contribution in [2.45, 2.75) is 45.4 Å². The Labute approximate surface area is 99.4 Å². The lowest BCUT2D eigenvalue weighted by Gasteiger charge is -2.21. The molecule has 0 aliphatic heterocycles. The highest BCUT2D eigenvalue weighted by molar-refractivity contribution is 5.76. The molecule has 1 atom stereocenters. The molecule has 0 aromatic heterocycles. The second kappa shape index (κ2) is 7.66. The molecule has 1 unspecified atom stereocenters. The number of carbonyl (C=O) groups is 1. The third-order valence-corrected chi connectivity index (χ3v) is 3.40. The minimum Gasteiger partial charge on any atom is -0.356 e. The van der Waals surface area contributed by atoms with E-state index in [4.69, 9.17) is 0 Å². The molecular weight excluding hydrogens is 200 g/mol. The average molecular weight is 226 g/mol. The van der Waals surface area contributed by atoms with E-state index in [1.807, 2.05) is 7.05 Å². The zero-order chi connectivity index (χ0) is 11.8. The standard InChI is InChI=1S/C13H26N2O/c1-11(9-14-2)10-15-13(16)8-12-6-4-3-5-7-12/h11-12,14H,3-10H2,1-2H3,(H,15,16). The molecule has 1 saturated carbocycles. The van der Waals surface area contributed by atoms with E-state index in [1.165, 1.54) is 32.1 Å². The summed E-state index contributed by atoms with van der Waals surface area (Å²) < 4.78 is 0. The van der Waals surface area contributed by atoms with Crippen molar-refractivity contribution >= 4 is 5.91 Å². The molecule has 2 N–H and O–H groups in total. The Kier molecular flexibility index (Phi) is 6.46. The van der Waals surface area contributed by atoms with E-state index in [9.17, 15) is 4.79 Å². The second-order valence-electron chi connectivity index (χ2n) is 5.18. The number of rotatable bonds is 6. The van der Waals surface area contributed by atoms with E-state index in [-0.39, 0.29) is 5.91 Å². The van der Waals surface area contributed by atoms with Gasteiger partial charge < -0.3 is 10.6 Å². The average Bonchev–Trinajstić information content (AvgIpc) is 2.28. The number of hydrogen-bond acceptors (Lipinski definition) is 2. The van der Waals surface area contributed by atoms with Gasteiger partial charge in [0.2, 0.25) is 5.91 Å². The highest BCUT2D eigenvalue weighted by Crippen LogP contribution is 2.25. The SMILES string of the molecule is CNCC(C)CNC(=O)CC1CCCCC1. The van der Waals surface area contributed by atoms with Gasteiger partial charge in [0, 0.05) is 13.0 Å². The molecule has 1 aliphatic rings. The van der Waals surface area contributed by atoms with Gasteiger partial charge >= 0.3 is 0 Å². The van der Waals surface area contributed by atoms with Crippen LogP contribution in [0.1, 0.15) is 45.4 Å². The smallest absolute Gasteiger partial charge is 0.220 e. The number of nitrogens with one attached hydrogen (secondary N) is 2. The van der Waals surface area contributed by atoms with Crippen molar-refractivity contribution in [1.29, 1.82) is 0 Å². The predicted molar refractivity (Wildman–Crippen MR) is 67.3 cm³/mol. The Morgan fingerprint density at radius 1 is 1.25 bits per heavy atom. The van der Waals surface area contributed by atoms with Crippen molar-refractivity contribution in [1.82, 2.24) is 10.6 Å². The minimum atomic E-state index is 0.245. The van der Waals surface area contributed by atoms with Crippen LogP contribution in [0.2, 0.25) is 0 Å². The lowest BCUT2D eigenvalue weighted by molar-refractivity contribution is -0.122. The van der Waals surface area contributed by atoms with Gasteiger partial charge in [-0.15, -0.1) is 0 Å². The summed E-state index contributed by atoms with van der Waals surface area (Å²) in [5.74, 6) is 1.41. The first-order chi connectivity index (χ1) is 7.72. The summed E-state index contributed by atoms with van der Waals surface area (Å²) in [4.78, 5) is 11.7. The Morgan fingerprint density at radius 2 is 1.94 bits per heavy atom. The summed E-state index contributed by atoms with van der Waals surface area (Å²) in [5.41, 5.74) is 0. The van der Waals surface area contributed by atoms with Crippen LogP contribution in [0, 0.1) is 11.8 Å². The zero-order valence-corrected chi connectivity index (χ0v) is 10.7. The first-order valence-corrected chi connectivity index (χ1v) is 6.63. The fraction of sp³-hybridized carbons (Fsp3) is 0.923. The fourth-order valence-electron chi connectivity index (χ4n) is 2.43. The molecule has 0 spiro atoms. The fourth-order valence-corrected chi connectivity index (χ4v) is 2.43. The van der Waals surface area contributed by atoms with Crippen molar-refractivity contribution in [2.24, 2.45) is 11.8 Å². The highest BCUT2D eigenvalue weighted by Gasteiger charge is 2.16. The molecule has 0 aromatic carbocycles. The molecular formula is C13H26N2O. The summed E-state index contributed by atoms with van der Waals surface area (Å²) in [5, 5.41) is 6.16. The summed E-state index contributed by atoms with van der Waals surface area (Å²) >= 11 is 0. The van der Waals surface area contributed by atoms with Gasteiger partial charge in [0.1, 0.15) is 0 Å². The summed E-state index contributed by atoms with van der Waals surface area (Å²) in [7, 11) is 1.94. The highest BCUT2D eigenvalue weighted by atomic mass is 16.1. The van der Waals surface area contributed by atoms with Gasteiger partial charge in [-0.25, -0.2) is 0 Å². The summed E-state index contributed by atoms with van der Waals surface area (Å²) in [6, 6.07) is 0. The van der Waals surface area contributed by atoms with Crippen LogP contribution in [0.15, 0.2) is 0 Å². The maximum atomic E-state index is 11.7. The number of hydrogen-bond donors (Lipinski definition) is 2. The molecule has 0 aromatic rings. The van der Waals surface area contributed by atoms with E-state index in [0.717, 1.165) is 19.5 Å². The van der Waals surface area contributed by atoms with Crippen LogP contribution < -0.4 is 10.6 Å². The molecule has 1 rings (SSSR count). The molecule has 1 aliphatic carbocycles. The number of amides is 1. The summed E-state index contributed by atoms with van der Waals surface area (Å²) in [6.07, 6.45) is 7.23. The zero-order valence-electron chi connectivity index (χ0n) is 10.7.